The van der Waals surface area contributed by atoms with Crippen LogP contribution in [0.2, 0.25) is 0 Å². The molecule has 100 valence electrons. The van der Waals surface area contributed by atoms with Gasteiger partial charge in [0.2, 0.25) is 10.0 Å². The van der Waals surface area contributed by atoms with Crippen LogP contribution < -0.4 is 10.0 Å². The van der Waals surface area contributed by atoms with Crippen LogP contribution in [0.15, 0.2) is 0 Å². The summed E-state index contributed by atoms with van der Waals surface area (Å²) in [5, 5.41) is 11.7. The Morgan fingerprint density at radius 2 is 2.24 bits per heavy atom. The summed E-state index contributed by atoms with van der Waals surface area (Å²) in [6.07, 6.45) is 3.09. The Kier molecular flexibility index (Phi) is 5.87. The van der Waals surface area contributed by atoms with E-state index in [-0.39, 0.29) is 18.6 Å². The molecule has 1 aliphatic heterocycles. The van der Waals surface area contributed by atoms with Crippen LogP contribution in [0.25, 0.3) is 0 Å². The quantitative estimate of drug-likeness (QED) is 0.569. The lowest BCUT2D eigenvalue weighted by atomic mass is 10.2. The molecule has 0 aromatic rings. The van der Waals surface area contributed by atoms with Crippen molar-refractivity contribution in [1.29, 1.82) is 0 Å². The number of hydrogen-bond donors (Lipinski definition) is 3. The lowest BCUT2D eigenvalue weighted by Gasteiger charge is -2.10. The van der Waals surface area contributed by atoms with Crippen molar-refractivity contribution in [1.82, 2.24) is 10.0 Å². The molecule has 1 saturated heterocycles. The first-order valence-electron chi connectivity index (χ1n) is 5.92. The highest BCUT2D eigenvalue weighted by Gasteiger charge is 2.15. The van der Waals surface area contributed by atoms with Gasteiger partial charge >= 0.3 is 5.97 Å². The molecular weight excluding hydrogens is 244 g/mol. The zero-order valence-corrected chi connectivity index (χ0v) is 10.6. The van der Waals surface area contributed by atoms with Crippen LogP contribution in [0.1, 0.15) is 32.1 Å². The van der Waals surface area contributed by atoms with E-state index >= 15 is 0 Å². The molecule has 1 aliphatic rings. The largest absolute Gasteiger partial charge is 0.481 e. The summed E-state index contributed by atoms with van der Waals surface area (Å²) < 4.78 is 25.4. The Labute approximate surface area is 102 Å². The van der Waals surface area contributed by atoms with E-state index in [0.717, 1.165) is 25.8 Å². The average Bonchev–Trinajstić information content (AvgIpc) is 2.69. The van der Waals surface area contributed by atoms with E-state index in [1.165, 1.54) is 0 Å². The third kappa shape index (κ3) is 6.60. The van der Waals surface area contributed by atoms with Crippen molar-refractivity contribution in [3.8, 4) is 0 Å². The summed E-state index contributed by atoms with van der Waals surface area (Å²) in [5.41, 5.74) is 0. The van der Waals surface area contributed by atoms with E-state index in [0.29, 0.717) is 12.6 Å². The van der Waals surface area contributed by atoms with E-state index in [2.05, 4.69) is 10.0 Å². The average molecular weight is 264 g/mol. The highest BCUT2D eigenvalue weighted by molar-refractivity contribution is 7.89. The van der Waals surface area contributed by atoms with Gasteiger partial charge in [-0.1, -0.05) is 0 Å². The lowest BCUT2D eigenvalue weighted by molar-refractivity contribution is -0.137. The molecule has 3 N–H and O–H groups in total. The van der Waals surface area contributed by atoms with Gasteiger partial charge in [0.1, 0.15) is 0 Å². The molecule has 0 spiro atoms. The highest BCUT2D eigenvalue weighted by atomic mass is 32.2. The number of sulfonamides is 1. The molecule has 0 aliphatic carbocycles. The van der Waals surface area contributed by atoms with Crippen molar-refractivity contribution in [2.45, 2.75) is 38.1 Å². The van der Waals surface area contributed by atoms with Gasteiger partial charge in [0.05, 0.1) is 5.75 Å². The minimum absolute atomic E-state index is 0.106. The molecule has 0 radical (unpaired) electrons. The SMILES string of the molecule is O=C(O)CCCS(=O)(=O)NCCC1CCCN1. The molecule has 0 amide bonds. The summed E-state index contributed by atoms with van der Waals surface area (Å²) in [7, 11) is -3.31. The van der Waals surface area contributed by atoms with Crippen LogP contribution in [0.4, 0.5) is 0 Å². The van der Waals surface area contributed by atoms with Crippen molar-refractivity contribution in [3.05, 3.63) is 0 Å². The predicted molar refractivity (Wildman–Crippen MR) is 64.3 cm³/mol. The van der Waals surface area contributed by atoms with Gasteiger partial charge in [-0.15, -0.1) is 0 Å². The molecule has 0 bridgehead atoms. The molecular formula is C10H20N2O4S. The third-order valence-electron chi connectivity index (χ3n) is 2.78. The van der Waals surface area contributed by atoms with E-state index < -0.39 is 16.0 Å². The minimum Gasteiger partial charge on any atom is -0.481 e. The number of hydrogen-bond acceptors (Lipinski definition) is 4. The van der Waals surface area contributed by atoms with Crippen molar-refractivity contribution in [2.24, 2.45) is 0 Å². The maximum absolute atomic E-state index is 11.5. The second-order valence-electron chi connectivity index (χ2n) is 4.29. The first-order valence-corrected chi connectivity index (χ1v) is 7.57. The second kappa shape index (κ2) is 6.93. The number of nitrogens with one attached hydrogen (secondary N) is 2. The van der Waals surface area contributed by atoms with Gasteiger partial charge in [-0.3, -0.25) is 4.79 Å². The van der Waals surface area contributed by atoms with Gasteiger partial charge < -0.3 is 10.4 Å². The Morgan fingerprint density at radius 1 is 1.47 bits per heavy atom. The van der Waals surface area contributed by atoms with Gasteiger partial charge in [-0.25, -0.2) is 13.1 Å². The first-order chi connectivity index (χ1) is 7.99. The summed E-state index contributed by atoms with van der Waals surface area (Å²) in [6.45, 7) is 1.43. The lowest BCUT2D eigenvalue weighted by Crippen LogP contribution is -2.32. The molecule has 1 rings (SSSR count). The maximum atomic E-state index is 11.5. The number of carboxylic acid groups (broad SMARTS) is 1. The van der Waals surface area contributed by atoms with Crippen molar-refractivity contribution in [2.75, 3.05) is 18.8 Å². The monoisotopic (exact) mass is 264 g/mol. The number of carboxylic acids is 1. The molecule has 1 fully saturated rings. The Hall–Kier alpha value is -0.660. The third-order valence-corrected chi connectivity index (χ3v) is 4.25. The summed E-state index contributed by atoms with van der Waals surface area (Å²) in [5.74, 6) is -1.08. The molecule has 0 saturated carbocycles. The minimum atomic E-state index is -3.31. The van der Waals surface area contributed by atoms with Crippen LogP contribution in [0, 0.1) is 0 Å². The fourth-order valence-electron chi connectivity index (χ4n) is 1.88. The predicted octanol–water partition coefficient (Wildman–Crippen LogP) is -0.0873. The molecule has 0 aromatic carbocycles. The van der Waals surface area contributed by atoms with E-state index in [4.69, 9.17) is 5.11 Å². The molecule has 1 heterocycles. The first kappa shape index (κ1) is 14.4. The molecule has 17 heavy (non-hydrogen) atoms. The second-order valence-corrected chi connectivity index (χ2v) is 6.22. The van der Waals surface area contributed by atoms with E-state index in [1.807, 2.05) is 0 Å². The van der Waals surface area contributed by atoms with Gasteiger partial charge in [-0.05, 0) is 32.2 Å². The molecule has 7 heteroatoms. The fraction of sp³-hybridized carbons (Fsp3) is 0.900. The number of rotatable bonds is 8. The summed E-state index contributed by atoms with van der Waals surface area (Å²) in [6, 6.07) is 0.414. The van der Waals surface area contributed by atoms with E-state index in [1.54, 1.807) is 0 Å². The highest BCUT2D eigenvalue weighted by Crippen LogP contribution is 2.07. The van der Waals surface area contributed by atoms with E-state index in [9.17, 15) is 13.2 Å². The van der Waals surface area contributed by atoms with Gasteiger partial charge in [0.15, 0.2) is 0 Å². The molecule has 1 atom stereocenters. The smallest absolute Gasteiger partial charge is 0.303 e. The zero-order valence-electron chi connectivity index (χ0n) is 9.81. The maximum Gasteiger partial charge on any atom is 0.303 e. The van der Waals surface area contributed by atoms with Gasteiger partial charge in [0, 0.05) is 19.0 Å². The van der Waals surface area contributed by atoms with Crippen molar-refractivity contribution >= 4 is 16.0 Å². The Morgan fingerprint density at radius 3 is 2.82 bits per heavy atom. The standard InChI is InChI=1S/C10H20N2O4S/c13-10(14)4-2-8-17(15,16)12-7-5-9-3-1-6-11-9/h9,11-12H,1-8H2,(H,13,14). The molecule has 1 unspecified atom stereocenters. The zero-order chi connectivity index (χ0) is 12.7. The van der Waals surface area contributed by atoms with Crippen LogP contribution in [0.5, 0.6) is 0 Å². The van der Waals surface area contributed by atoms with Crippen LogP contribution in [0.3, 0.4) is 0 Å². The topological polar surface area (TPSA) is 95.5 Å². The summed E-state index contributed by atoms with van der Waals surface area (Å²) in [4.78, 5) is 10.2. The Balaban J connectivity index is 2.13. The molecule has 0 aromatic heterocycles. The normalized spacial score (nSPS) is 20.6. The van der Waals surface area contributed by atoms with Crippen LogP contribution >= 0.6 is 0 Å². The Bertz CT molecular complexity index is 336. The number of carbonyl (C=O) groups is 1. The van der Waals surface area contributed by atoms with Gasteiger partial charge in [-0.2, -0.15) is 0 Å². The van der Waals surface area contributed by atoms with Crippen LogP contribution in [-0.2, 0) is 14.8 Å². The molecule has 6 nitrogen and oxygen atoms in total. The van der Waals surface area contributed by atoms with Crippen LogP contribution in [-0.4, -0.2) is 44.4 Å². The van der Waals surface area contributed by atoms with Gasteiger partial charge in [0.25, 0.3) is 0 Å². The summed E-state index contributed by atoms with van der Waals surface area (Å²) >= 11 is 0. The van der Waals surface area contributed by atoms with Crippen molar-refractivity contribution < 1.29 is 18.3 Å². The van der Waals surface area contributed by atoms with Crippen molar-refractivity contribution in [3.63, 3.8) is 0 Å². The number of aliphatic carboxylic acids is 1. The fourth-order valence-corrected chi connectivity index (χ4v) is 2.97.